The Kier molecular flexibility index (Phi) is 5.12. The fourth-order valence-electron chi connectivity index (χ4n) is 2.42. The van der Waals surface area contributed by atoms with Gasteiger partial charge in [0, 0.05) is 12.3 Å². The van der Waals surface area contributed by atoms with Crippen LogP contribution in [0, 0.1) is 5.92 Å². The molecule has 0 aliphatic carbocycles. The van der Waals surface area contributed by atoms with E-state index >= 15 is 0 Å². The predicted octanol–water partition coefficient (Wildman–Crippen LogP) is 0.798. The Balaban J connectivity index is 1.95. The highest BCUT2D eigenvalue weighted by atomic mass is 16.4. The minimum Gasteiger partial charge on any atom is -0.480 e. The highest BCUT2D eigenvalue weighted by Gasteiger charge is 2.26. The molecule has 1 heterocycles. The third kappa shape index (κ3) is 4.06. The van der Waals surface area contributed by atoms with Crippen LogP contribution < -0.4 is 10.6 Å². The summed E-state index contributed by atoms with van der Waals surface area (Å²) in [6.07, 6.45) is 1.85. The van der Waals surface area contributed by atoms with Crippen molar-refractivity contribution in [1.82, 2.24) is 10.6 Å². The number of carbonyl (C=O) groups excluding carboxylic acids is 1. The number of carboxylic acids is 1. The molecule has 3 N–H and O–H groups in total. The SMILES string of the molecule is O=C(N[C@H](Cc1ccccc1)C(=O)O)C1CCNCC1. The summed E-state index contributed by atoms with van der Waals surface area (Å²) in [5, 5.41) is 15.1. The first-order valence-corrected chi connectivity index (χ1v) is 6.94. The average molecular weight is 276 g/mol. The van der Waals surface area contributed by atoms with Gasteiger partial charge in [-0.25, -0.2) is 4.79 Å². The van der Waals surface area contributed by atoms with Crippen LogP contribution in [0.4, 0.5) is 0 Å². The molecule has 1 saturated heterocycles. The van der Waals surface area contributed by atoms with E-state index in [1.165, 1.54) is 0 Å². The Bertz CT molecular complexity index is 455. The summed E-state index contributed by atoms with van der Waals surface area (Å²) in [5.74, 6) is -1.21. The maximum atomic E-state index is 12.1. The predicted molar refractivity (Wildman–Crippen MR) is 75.3 cm³/mol. The Labute approximate surface area is 118 Å². The molecule has 2 rings (SSSR count). The van der Waals surface area contributed by atoms with Gasteiger partial charge in [0.2, 0.25) is 5.91 Å². The summed E-state index contributed by atoms with van der Waals surface area (Å²) < 4.78 is 0. The van der Waals surface area contributed by atoms with E-state index in [2.05, 4.69) is 10.6 Å². The van der Waals surface area contributed by atoms with E-state index < -0.39 is 12.0 Å². The van der Waals surface area contributed by atoms with Gasteiger partial charge in [0.25, 0.3) is 0 Å². The lowest BCUT2D eigenvalue weighted by Crippen LogP contribution is -2.46. The third-order valence-corrected chi connectivity index (χ3v) is 3.61. The molecule has 1 aromatic carbocycles. The molecule has 1 atom stereocenters. The molecule has 1 amide bonds. The highest BCUT2D eigenvalue weighted by Crippen LogP contribution is 2.12. The number of aliphatic carboxylic acids is 1. The van der Waals surface area contributed by atoms with E-state index in [1.54, 1.807) is 0 Å². The van der Waals surface area contributed by atoms with Gasteiger partial charge in [-0.3, -0.25) is 4.79 Å². The van der Waals surface area contributed by atoms with Crippen LogP contribution in [-0.2, 0) is 16.0 Å². The zero-order valence-electron chi connectivity index (χ0n) is 11.3. The van der Waals surface area contributed by atoms with Crippen molar-refractivity contribution in [1.29, 1.82) is 0 Å². The lowest BCUT2D eigenvalue weighted by molar-refractivity contribution is -0.142. The molecular formula is C15H20N2O3. The molecule has 0 bridgehead atoms. The highest BCUT2D eigenvalue weighted by molar-refractivity contribution is 5.85. The van der Waals surface area contributed by atoms with Gasteiger partial charge in [-0.1, -0.05) is 30.3 Å². The van der Waals surface area contributed by atoms with Crippen LogP contribution in [0.15, 0.2) is 30.3 Å². The second-order valence-corrected chi connectivity index (χ2v) is 5.11. The van der Waals surface area contributed by atoms with Crippen molar-refractivity contribution < 1.29 is 14.7 Å². The van der Waals surface area contributed by atoms with Gasteiger partial charge in [-0.05, 0) is 31.5 Å². The molecule has 1 aliphatic rings. The topological polar surface area (TPSA) is 78.4 Å². The first-order valence-electron chi connectivity index (χ1n) is 6.94. The maximum Gasteiger partial charge on any atom is 0.326 e. The van der Waals surface area contributed by atoms with E-state index in [-0.39, 0.29) is 11.8 Å². The standard InChI is InChI=1S/C15H20N2O3/c18-14(12-6-8-16-9-7-12)17-13(15(19)20)10-11-4-2-1-3-5-11/h1-5,12-13,16H,6-10H2,(H,17,18)(H,19,20)/t13-/m1/s1. The Hall–Kier alpha value is -1.88. The summed E-state index contributed by atoms with van der Waals surface area (Å²) in [5.41, 5.74) is 0.908. The first kappa shape index (κ1) is 14.5. The number of amides is 1. The quantitative estimate of drug-likeness (QED) is 0.743. The Morgan fingerprint density at radius 2 is 1.90 bits per heavy atom. The Morgan fingerprint density at radius 3 is 2.50 bits per heavy atom. The molecule has 0 spiro atoms. The fourth-order valence-corrected chi connectivity index (χ4v) is 2.42. The number of benzene rings is 1. The molecule has 0 aromatic heterocycles. The van der Waals surface area contributed by atoms with Gasteiger partial charge < -0.3 is 15.7 Å². The fraction of sp³-hybridized carbons (Fsp3) is 0.467. The van der Waals surface area contributed by atoms with E-state index in [0.717, 1.165) is 31.5 Å². The second kappa shape index (κ2) is 7.05. The molecule has 1 aliphatic heterocycles. The van der Waals surface area contributed by atoms with E-state index in [0.29, 0.717) is 6.42 Å². The van der Waals surface area contributed by atoms with Crippen LogP contribution >= 0.6 is 0 Å². The minimum absolute atomic E-state index is 0.0751. The summed E-state index contributed by atoms with van der Waals surface area (Å²) in [7, 11) is 0. The van der Waals surface area contributed by atoms with Crippen LogP contribution in [0.25, 0.3) is 0 Å². The third-order valence-electron chi connectivity index (χ3n) is 3.61. The monoisotopic (exact) mass is 276 g/mol. The van der Waals surface area contributed by atoms with Crippen LogP contribution in [-0.4, -0.2) is 36.1 Å². The van der Waals surface area contributed by atoms with Crippen molar-refractivity contribution >= 4 is 11.9 Å². The van der Waals surface area contributed by atoms with Gasteiger partial charge >= 0.3 is 5.97 Å². The zero-order chi connectivity index (χ0) is 14.4. The molecule has 0 saturated carbocycles. The van der Waals surface area contributed by atoms with Crippen LogP contribution in [0.3, 0.4) is 0 Å². The van der Waals surface area contributed by atoms with Gasteiger partial charge in [-0.2, -0.15) is 0 Å². The lowest BCUT2D eigenvalue weighted by Gasteiger charge is -2.24. The van der Waals surface area contributed by atoms with Gasteiger partial charge in [0.05, 0.1) is 0 Å². The molecular weight excluding hydrogens is 256 g/mol. The molecule has 1 aromatic rings. The summed E-state index contributed by atoms with van der Waals surface area (Å²) in [6.45, 7) is 1.63. The number of piperidine rings is 1. The van der Waals surface area contributed by atoms with Crippen molar-refractivity contribution in [2.24, 2.45) is 5.92 Å². The van der Waals surface area contributed by atoms with Crippen LogP contribution in [0.1, 0.15) is 18.4 Å². The van der Waals surface area contributed by atoms with Gasteiger partial charge in [-0.15, -0.1) is 0 Å². The number of carbonyl (C=O) groups is 2. The van der Waals surface area contributed by atoms with E-state index in [4.69, 9.17) is 0 Å². The maximum absolute atomic E-state index is 12.1. The molecule has 1 fully saturated rings. The zero-order valence-corrected chi connectivity index (χ0v) is 11.3. The molecule has 108 valence electrons. The largest absolute Gasteiger partial charge is 0.480 e. The average Bonchev–Trinajstić information content (AvgIpc) is 2.48. The number of hydrogen-bond donors (Lipinski definition) is 3. The van der Waals surface area contributed by atoms with Crippen molar-refractivity contribution in [3.8, 4) is 0 Å². The first-order chi connectivity index (χ1) is 9.66. The minimum atomic E-state index is -0.990. The summed E-state index contributed by atoms with van der Waals surface area (Å²) in [6, 6.07) is 8.48. The normalized spacial score (nSPS) is 17.4. The van der Waals surface area contributed by atoms with Crippen LogP contribution in [0.5, 0.6) is 0 Å². The lowest BCUT2D eigenvalue weighted by atomic mass is 9.96. The Morgan fingerprint density at radius 1 is 1.25 bits per heavy atom. The number of nitrogens with one attached hydrogen (secondary N) is 2. The van der Waals surface area contributed by atoms with E-state index in [9.17, 15) is 14.7 Å². The van der Waals surface area contributed by atoms with E-state index in [1.807, 2.05) is 30.3 Å². The van der Waals surface area contributed by atoms with Crippen molar-refractivity contribution in [3.63, 3.8) is 0 Å². The second-order valence-electron chi connectivity index (χ2n) is 5.11. The number of carboxylic acid groups (broad SMARTS) is 1. The van der Waals surface area contributed by atoms with Gasteiger partial charge in [0.1, 0.15) is 6.04 Å². The number of rotatable bonds is 5. The van der Waals surface area contributed by atoms with Gasteiger partial charge in [0.15, 0.2) is 0 Å². The molecule has 5 nitrogen and oxygen atoms in total. The summed E-state index contributed by atoms with van der Waals surface area (Å²) in [4.78, 5) is 23.4. The van der Waals surface area contributed by atoms with Crippen LogP contribution in [0.2, 0.25) is 0 Å². The van der Waals surface area contributed by atoms with Crippen molar-refractivity contribution in [2.75, 3.05) is 13.1 Å². The molecule has 0 unspecified atom stereocenters. The molecule has 20 heavy (non-hydrogen) atoms. The smallest absolute Gasteiger partial charge is 0.326 e. The van der Waals surface area contributed by atoms with Crippen molar-refractivity contribution in [3.05, 3.63) is 35.9 Å². The number of hydrogen-bond acceptors (Lipinski definition) is 3. The molecule has 5 heteroatoms. The summed E-state index contributed by atoms with van der Waals surface area (Å²) >= 11 is 0. The molecule has 0 radical (unpaired) electrons. The van der Waals surface area contributed by atoms with Crippen molar-refractivity contribution in [2.45, 2.75) is 25.3 Å².